The number of hydrogen-bond donors (Lipinski definition) is 0. The molecule has 0 fully saturated rings. The van der Waals surface area contributed by atoms with Crippen molar-refractivity contribution in [1.82, 2.24) is 0 Å². The van der Waals surface area contributed by atoms with Gasteiger partial charge in [0.15, 0.2) is 0 Å². The Bertz CT molecular complexity index is 1740. The van der Waals surface area contributed by atoms with Crippen LogP contribution in [-0.4, -0.2) is 5.92 Å². The zero-order valence-electron chi connectivity index (χ0n) is 28.8. The van der Waals surface area contributed by atoms with Crippen LogP contribution in [0.5, 0.6) is 0 Å². The monoisotopic (exact) mass is 741 g/mol. The number of halogens is 2. The summed E-state index contributed by atoms with van der Waals surface area (Å²) in [6.07, 6.45) is 7.19. The molecular formula is C42H49Cl2SiZr. The molecule has 46 heavy (non-hydrogen) atoms. The van der Waals surface area contributed by atoms with Crippen molar-refractivity contribution in [2.75, 3.05) is 0 Å². The number of aryl methyl sites for hydroxylation is 2. The molecule has 4 aromatic rings. The Morgan fingerprint density at radius 1 is 0.587 bits per heavy atom. The van der Waals surface area contributed by atoms with E-state index in [9.17, 15) is 0 Å². The molecule has 0 bridgehead atoms. The number of fused-ring (bicyclic) bond motifs is 2. The Morgan fingerprint density at radius 2 is 0.957 bits per heavy atom. The molecule has 0 spiro atoms. The topological polar surface area (TPSA) is 0 Å². The Hall–Kier alpha value is -1.96. The van der Waals surface area contributed by atoms with Crippen LogP contribution in [0.15, 0.2) is 96.1 Å². The molecule has 0 nitrogen and oxygen atoms in total. The third-order valence-corrected chi connectivity index (χ3v) is 63.3. The molecule has 0 saturated heterocycles. The minimum absolute atomic E-state index is 0.0934. The molecule has 4 aromatic carbocycles. The van der Waals surface area contributed by atoms with E-state index < -0.39 is 21.5 Å². The first-order valence-electron chi connectivity index (χ1n) is 17.3. The number of allylic oxidation sites excluding steroid dienone is 2. The fraction of sp³-hybridized carbons (Fsp3) is 0.333. The second kappa shape index (κ2) is 12.8. The Balaban J connectivity index is 1.65. The first kappa shape index (κ1) is 33.9. The molecule has 2 aliphatic carbocycles. The molecule has 239 valence electrons. The van der Waals surface area contributed by atoms with Gasteiger partial charge in [-0.05, 0) is 0 Å². The maximum atomic E-state index is 8.80. The van der Waals surface area contributed by atoms with Crippen LogP contribution in [0.25, 0.3) is 34.4 Å². The summed E-state index contributed by atoms with van der Waals surface area (Å²) < 4.78 is 0.187. The van der Waals surface area contributed by atoms with Crippen molar-refractivity contribution in [3.05, 3.63) is 129 Å². The van der Waals surface area contributed by atoms with Gasteiger partial charge in [-0.25, -0.2) is 0 Å². The van der Waals surface area contributed by atoms with E-state index in [-0.39, 0.29) is 7.25 Å². The molecule has 6 rings (SSSR count). The van der Waals surface area contributed by atoms with Crippen LogP contribution in [0.2, 0.25) is 13.1 Å². The van der Waals surface area contributed by atoms with E-state index in [0.717, 1.165) is 12.8 Å². The SMILES string of the molecule is CCC(C)C1=Cc2c(-c3ccccc3C)cccc2[CH]1[Zr]([Cl])([Cl])([CH]1C(C(C)CC)=Cc2c(-c3ccccc3C)cccc21)[SiH](C)C. The van der Waals surface area contributed by atoms with Gasteiger partial charge in [-0.15, -0.1) is 0 Å². The molecular weight excluding hydrogens is 695 g/mol. The van der Waals surface area contributed by atoms with Gasteiger partial charge in [-0.1, -0.05) is 0 Å². The molecule has 0 aromatic heterocycles. The van der Waals surface area contributed by atoms with Crippen LogP contribution < -0.4 is 0 Å². The minimum atomic E-state index is -4.91. The van der Waals surface area contributed by atoms with E-state index in [1.807, 2.05) is 0 Å². The molecule has 0 amide bonds. The van der Waals surface area contributed by atoms with Crippen molar-refractivity contribution in [2.45, 2.75) is 74.7 Å². The van der Waals surface area contributed by atoms with Gasteiger partial charge in [0.2, 0.25) is 0 Å². The van der Waals surface area contributed by atoms with E-state index in [2.05, 4.69) is 152 Å². The van der Waals surface area contributed by atoms with Crippen LogP contribution in [0.4, 0.5) is 0 Å². The molecule has 4 atom stereocenters. The average molecular weight is 744 g/mol. The fourth-order valence-corrected chi connectivity index (χ4v) is 39.7. The summed E-state index contributed by atoms with van der Waals surface area (Å²) in [5, 5.41) is 0. The number of rotatable bonds is 9. The van der Waals surface area contributed by atoms with E-state index in [0.29, 0.717) is 11.8 Å². The summed E-state index contributed by atoms with van der Waals surface area (Å²) in [5.74, 6) is -0.864. The van der Waals surface area contributed by atoms with Crippen LogP contribution in [-0.2, 0) is 15.6 Å². The van der Waals surface area contributed by atoms with E-state index in [1.54, 1.807) is 0 Å². The number of benzene rings is 4. The van der Waals surface area contributed by atoms with Crippen molar-refractivity contribution in [2.24, 2.45) is 11.8 Å². The molecule has 4 unspecified atom stereocenters. The molecule has 0 heterocycles. The van der Waals surface area contributed by atoms with Gasteiger partial charge in [-0.2, -0.15) is 0 Å². The summed E-state index contributed by atoms with van der Waals surface area (Å²) >= 11 is -4.91. The predicted molar refractivity (Wildman–Crippen MR) is 204 cm³/mol. The summed E-state index contributed by atoms with van der Waals surface area (Å²) in [6, 6.07) is 31.4. The van der Waals surface area contributed by atoms with Gasteiger partial charge in [0.1, 0.15) is 0 Å². The normalized spacial score (nSPS) is 19.6. The zero-order chi connectivity index (χ0) is 33.0. The third kappa shape index (κ3) is 5.26. The summed E-state index contributed by atoms with van der Waals surface area (Å²) in [5.41, 5.74) is 16.2. The standard InChI is InChI=1S/2C20H21.C2H7Si.2ClH.Zr/c2*1-4-14(2)17-12-16-9-7-11-19(20(16)13-17)18-10-6-5-8-15(18)3;1-3-2;;;/h2*5-14H,4H2,1-3H3;3H,1-2H3;2*1H;/q;;;;;+2/p-2. The molecule has 4 heteroatoms. The quantitative estimate of drug-likeness (QED) is 0.150. The maximum absolute atomic E-state index is 8.80. The van der Waals surface area contributed by atoms with Crippen molar-refractivity contribution in [3.63, 3.8) is 0 Å². The third-order valence-electron chi connectivity index (χ3n) is 11.6. The van der Waals surface area contributed by atoms with Crippen molar-refractivity contribution in [1.29, 1.82) is 0 Å². The van der Waals surface area contributed by atoms with E-state index in [4.69, 9.17) is 17.0 Å². The van der Waals surface area contributed by atoms with Gasteiger partial charge in [-0.3, -0.25) is 0 Å². The summed E-state index contributed by atoms with van der Waals surface area (Å²) in [4.78, 5) is 0. The zero-order valence-corrected chi connectivity index (χ0v) is 33.9. The number of hydrogen-bond acceptors (Lipinski definition) is 0. The Morgan fingerprint density at radius 3 is 1.30 bits per heavy atom. The van der Waals surface area contributed by atoms with Crippen LogP contribution in [0.1, 0.15) is 81.2 Å². The Labute approximate surface area is 286 Å². The van der Waals surface area contributed by atoms with Gasteiger partial charge >= 0.3 is 289 Å². The van der Waals surface area contributed by atoms with Gasteiger partial charge in [0.25, 0.3) is 0 Å². The van der Waals surface area contributed by atoms with Crippen molar-refractivity contribution >= 4 is 35.1 Å². The molecule has 0 radical (unpaired) electrons. The molecule has 0 N–H and O–H groups in total. The van der Waals surface area contributed by atoms with Crippen LogP contribution >= 0.6 is 17.0 Å². The first-order chi connectivity index (χ1) is 21.9. The predicted octanol–water partition coefficient (Wildman–Crippen LogP) is 13.3. The first-order valence-corrected chi connectivity index (χ1v) is 33.6. The molecule has 2 aliphatic rings. The van der Waals surface area contributed by atoms with Crippen molar-refractivity contribution < 1.29 is 15.6 Å². The van der Waals surface area contributed by atoms with Crippen molar-refractivity contribution in [3.8, 4) is 22.3 Å². The van der Waals surface area contributed by atoms with Gasteiger partial charge in [0, 0.05) is 0 Å². The second-order valence-corrected chi connectivity index (χ2v) is 56.9. The van der Waals surface area contributed by atoms with E-state index >= 15 is 0 Å². The van der Waals surface area contributed by atoms with Crippen LogP contribution in [0.3, 0.4) is 0 Å². The van der Waals surface area contributed by atoms with E-state index in [1.165, 1.54) is 66.8 Å². The Kier molecular flexibility index (Phi) is 9.45. The average Bonchev–Trinajstić information content (AvgIpc) is 3.65. The van der Waals surface area contributed by atoms with Crippen LogP contribution in [0, 0.1) is 25.7 Å². The van der Waals surface area contributed by atoms with Gasteiger partial charge in [0.05, 0.1) is 0 Å². The molecule has 0 aliphatic heterocycles. The second-order valence-electron chi connectivity index (χ2n) is 14.4. The van der Waals surface area contributed by atoms with Gasteiger partial charge < -0.3 is 0 Å². The molecule has 0 saturated carbocycles. The summed E-state index contributed by atoms with van der Waals surface area (Å²) in [6.45, 7) is 18.8. The summed E-state index contributed by atoms with van der Waals surface area (Å²) in [7, 11) is 17.6. The fourth-order valence-electron chi connectivity index (χ4n) is 8.46.